The van der Waals surface area contributed by atoms with Crippen LogP contribution in [0.5, 0.6) is 0 Å². The second-order valence-electron chi connectivity index (χ2n) is 5.31. The molecule has 1 aromatic rings. The molecule has 20 heavy (non-hydrogen) atoms. The maximum atomic E-state index is 12.5. The van der Waals surface area contributed by atoms with Crippen LogP contribution >= 0.6 is 0 Å². The summed E-state index contributed by atoms with van der Waals surface area (Å²) in [6.45, 7) is 5.58. The van der Waals surface area contributed by atoms with Crippen molar-refractivity contribution in [1.29, 1.82) is 0 Å². The Morgan fingerprint density at radius 3 is 2.85 bits per heavy atom. The number of hydrogen-bond acceptors (Lipinski definition) is 3. The molecule has 0 saturated carbocycles. The molecule has 7 heteroatoms. The number of nitrogens with one attached hydrogen (secondary N) is 2. The topological polar surface area (TPSA) is 104 Å². The molecule has 1 fully saturated rings. The number of aromatic nitrogens is 2. The van der Waals surface area contributed by atoms with Crippen LogP contribution in [0.15, 0.2) is 0 Å². The predicted octanol–water partition coefficient (Wildman–Crippen LogP) is 0.547. The zero-order chi connectivity index (χ0) is 14.7. The number of rotatable bonds is 3. The normalized spacial score (nSPS) is 18.9. The number of urea groups is 1. The summed E-state index contributed by atoms with van der Waals surface area (Å²) in [6, 6.07) is -0.519. The molecule has 1 saturated heterocycles. The number of likely N-dealkylation sites (tertiary alicyclic amines) is 1. The zero-order valence-corrected chi connectivity index (χ0v) is 11.9. The SMILES string of the molecule is Cc1n[nH]c(C)c1C(=O)N1CCCC(CNC(N)=O)C1. The summed E-state index contributed by atoms with van der Waals surface area (Å²) in [4.78, 5) is 25.1. The van der Waals surface area contributed by atoms with Crippen LogP contribution in [0.2, 0.25) is 0 Å². The number of nitrogens with two attached hydrogens (primary N) is 1. The van der Waals surface area contributed by atoms with Crippen LogP contribution in [0.25, 0.3) is 0 Å². The molecule has 0 spiro atoms. The fraction of sp³-hybridized carbons (Fsp3) is 0.615. The van der Waals surface area contributed by atoms with Crippen molar-refractivity contribution in [2.45, 2.75) is 26.7 Å². The van der Waals surface area contributed by atoms with Gasteiger partial charge in [-0.2, -0.15) is 5.10 Å². The van der Waals surface area contributed by atoms with Gasteiger partial charge in [0, 0.05) is 25.3 Å². The largest absolute Gasteiger partial charge is 0.352 e. The first-order valence-electron chi connectivity index (χ1n) is 6.83. The molecule has 1 aromatic heterocycles. The molecular weight excluding hydrogens is 258 g/mol. The molecule has 2 heterocycles. The average molecular weight is 279 g/mol. The van der Waals surface area contributed by atoms with Gasteiger partial charge in [0.15, 0.2) is 0 Å². The number of piperidine rings is 1. The molecule has 2 rings (SSSR count). The summed E-state index contributed by atoms with van der Waals surface area (Å²) in [5, 5.41) is 9.52. The zero-order valence-electron chi connectivity index (χ0n) is 11.9. The quantitative estimate of drug-likeness (QED) is 0.752. The van der Waals surface area contributed by atoms with E-state index >= 15 is 0 Å². The molecule has 4 N–H and O–H groups in total. The third kappa shape index (κ3) is 3.09. The number of nitrogens with zero attached hydrogens (tertiary/aromatic N) is 2. The molecule has 110 valence electrons. The number of carbonyl (C=O) groups excluding carboxylic acids is 2. The first-order chi connectivity index (χ1) is 9.49. The van der Waals surface area contributed by atoms with Gasteiger partial charge < -0.3 is 16.0 Å². The molecule has 1 aliphatic rings. The van der Waals surface area contributed by atoms with Crippen LogP contribution in [-0.4, -0.2) is 46.7 Å². The Kier molecular flexibility index (Phi) is 4.26. The van der Waals surface area contributed by atoms with E-state index in [0.29, 0.717) is 18.7 Å². The fourth-order valence-corrected chi connectivity index (χ4v) is 2.69. The Bertz CT molecular complexity index is 491. The summed E-state index contributed by atoms with van der Waals surface area (Å²) in [7, 11) is 0. The van der Waals surface area contributed by atoms with Crippen molar-refractivity contribution >= 4 is 11.9 Å². The molecule has 3 amide bonds. The van der Waals surface area contributed by atoms with Gasteiger partial charge in [-0.25, -0.2) is 4.79 Å². The van der Waals surface area contributed by atoms with Crippen molar-refractivity contribution in [2.24, 2.45) is 11.7 Å². The minimum atomic E-state index is -0.519. The first kappa shape index (κ1) is 14.4. The van der Waals surface area contributed by atoms with Gasteiger partial charge in [0.1, 0.15) is 0 Å². The molecule has 0 bridgehead atoms. The van der Waals surface area contributed by atoms with Crippen molar-refractivity contribution in [1.82, 2.24) is 20.4 Å². The third-order valence-corrected chi connectivity index (χ3v) is 3.71. The van der Waals surface area contributed by atoms with Gasteiger partial charge in [-0.1, -0.05) is 0 Å². The lowest BCUT2D eigenvalue weighted by Crippen LogP contribution is -2.44. The Hall–Kier alpha value is -2.05. The number of aryl methyl sites for hydroxylation is 2. The van der Waals surface area contributed by atoms with Gasteiger partial charge in [-0.05, 0) is 32.6 Å². The van der Waals surface area contributed by atoms with E-state index < -0.39 is 6.03 Å². The molecule has 0 aliphatic carbocycles. The van der Waals surface area contributed by atoms with Gasteiger partial charge in [-0.15, -0.1) is 0 Å². The van der Waals surface area contributed by atoms with Crippen molar-refractivity contribution in [3.63, 3.8) is 0 Å². The molecule has 1 unspecified atom stereocenters. The highest BCUT2D eigenvalue weighted by molar-refractivity contribution is 5.96. The van der Waals surface area contributed by atoms with Gasteiger partial charge >= 0.3 is 6.03 Å². The van der Waals surface area contributed by atoms with E-state index in [-0.39, 0.29) is 11.8 Å². The van der Waals surface area contributed by atoms with Crippen LogP contribution in [0.1, 0.15) is 34.6 Å². The van der Waals surface area contributed by atoms with E-state index in [9.17, 15) is 9.59 Å². The summed E-state index contributed by atoms with van der Waals surface area (Å²) < 4.78 is 0. The number of H-pyrrole nitrogens is 1. The van der Waals surface area contributed by atoms with Crippen molar-refractivity contribution < 1.29 is 9.59 Å². The summed E-state index contributed by atoms with van der Waals surface area (Å²) >= 11 is 0. The smallest absolute Gasteiger partial charge is 0.312 e. The number of amides is 3. The lowest BCUT2D eigenvalue weighted by Gasteiger charge is -2.32. The van der Waals surface area contributed by atoms with Crippen molar-refractivity contribution in [2.75, 3.05) is 19.6 Å². The van der Waals surface area contributed by atoms with Gasteiger partial charge in [0.05, 0.1) is 11.3 Å². The van der Waals surface area contributed by atoms with E-state index in [1.54, 1.807) is 0 Å². The summed E-state index contributed by atoms with van der Waals surface area (Å²) in [6.07, 6.45) is 1.93. The number of hydrogen-bond donors (Lipinski definition) is 3. The lowest BCUT2D eigenvalue weighted by molar-refractivity contribution is 0.0673. The van der Waals surface area contributed by atoms with E-state index in [0.717, 1.165) is 30.8 Å². The Morgan fingerprint density at radius 1 is 1.50 bits per heavy atom. The fourth-order valence-electron chi connectivity index (χ4n) is 2.69. The van der Waals surface area contributed by atoms with Crippen LogP contribution < -0.4 is 11.1 Å². The molecule has 1 atom stereocenters. The van der Waals surface area contributed by atoms with Crippen LogP contribution in [0.4, 0.5) is 4.79 Å². The first-order valence-corrected chi connectivity index (χ1v) is 6.83. The minimum absolute atomic E-state index is 0.0116. The average Bonchev–Trinajstić information content (AvgIpc) is 2.75. The molecule has 1 aliphatic heterocycles. The molecule has 0 aromatic carbocycles. The lowest BCUT2D eigenvalue weighted by atomic mass is 9.97. The van der Waals surface area contributed by atoms with E-state index in [1.165, 1.54) is 0 Å². The Labute approximate surface area is 117 Å². The van der Waals surface area contributed by atoms with E-state index in [1.807, 2.05) is 18.7 Å². The Morgan fingerprint density at radius 2 is 2.25 bits per heavy atom. The molecular formula is C13H21N5O2. The number of primary amides is 1. The summed E-state index contributed by atoms with van der Waals surface area (Å²) in [5.41, 5.74) is 7.26. The van der Waals surface area contributed by atoms with Crippen molar-refractivity contribution in [3.8, 4) is 0 Å². The molecule has 0 radical (unpaired) electrons. The molecule has 7 nitrogen and oxygen atoms in total. The number of aromatic amines is 1. The summed E-state index contributed by atoms with van der Waals surface area (Å²) in [5.74, 6) is 0.269. The van der Waals surface area contributed by atoms with E-state index in [2.05, 4.69) is 15.5 Å². The van der Waals surface area contributed by atoms with Crippen LogP contribution in [0.3, 0.4) is 0 Å². The minimum Gasteiger partial charge on any atom is -0.352 e. The standard InChI is InChI=1S/C13H21N5O2/c1-8-11(9(2)17-16-8)12(19)18-5-3-4-10(7-18)6-15-13(14)20/h10H,3-7H2,1-2H3,(H,16,17)(H3,14,15,20). The number of carbonyl (C=O) groups is 2. The van der Waals surface area contributed by atoms with Crippen LogP contribution in [0, 0.1) is 19.8 Å². The highest BCUT2D eigenvalue weighted by Crippen LogP contribution is 2.20. The van der Waals surface area contributed by atoms with Crippen LogP contribution in [-0.2, 0) is 0 Å². The van der Waals surface area contributed by atoms with Gasteiger partial charge in [0.25, 0.3) is 5.91 Å². The van der Waals surface area contributed by atoms with Crippen molar-refractivity contribution in [3.05, 3.63) is 17.0 Å². The second-order valence-corrected chi connectivity index (χ2v) is 5.31. The maximum Gasteiger partial charge on any atom is 0.312 e. The second kappa shape index (κ2) is 5.94. The maximum absolute atomic E-state index is 12.5. The highest BCUT2D eigenvalue weighted by atomic mass is 16.2. The van der Waals surface area contributed by atoms with E-state index in [4.69, 9.17) is 5.73 Å². The third-order valence-electron chi connectivity index (χ3n) is 3.71. The highest BCUT2D eigenvalue weighted by Gasteiger charge is 2.27. The predicted molar refractivity (Wildman–Crippen MR) is 74.3 cm³/mol. The van der Waals surface area contributed by atoms with Gasteiger partial charge in [0.2, 0.25) is 0 Å². The Balaban J connectivity index is 2.02. The monoisotopic (exact) mass is 279 g/mol. The van der Waals surface area contributed by atoms with Gasteiger partial charge in [-0.3, -0.25) is 9.89 Å².